The lowest BCUT2D eigenvalue weighted by Crippen LogP contribution is -2.61. The van der Waals surface area contributed by atoms with Gasteiger partial charge in [-0.15, -0.1) is 0 Å². The Morgan fingerprint density at radius 1 is 0.508 bits per heavy atom. The van der Waals surface area contributed by atoms with Gasteiger partial charge in [0.2, 0.25) is 0 Å². The number of hydrogen-bond donors (Lipinski definition) is 7. The van der Waals surface area contributed by atoms with Crippen LogP contribution in [-0.2, 0) is 38.0 Å². The van der Waals surface area contributed by atoms with Gasteiger partial charge in [0, 0.05) is 12.8 Å². The summed E-state index contributed by atoms with van der Waals surface area (Å²) in [6.07, 6.45) is 23.9. The molecular weight excluding hydrogens is 841 g/mol. The molecular formula is C50H84O15. The van der Waals surface area contributed by atoms with Gasteiger partial charge in [0.1, 0.15) is 55.4 Å². The van der Waals surface area contributed by atoms with Gasteiger partial charge >= 0.3 is 11.9 Å². The molecule has 0 bridgehead atoms. The third kappa shape index (κ3) is 25.8. The van der Waals surface area contributed by atoms with Crippen molar-refractivity contribution in [2.24, 2.45) is 0 Å². The second-order valence-corrected chi connectivity index (χ2v) is 17.0. The first kappa shape index (κ1) is 58.3. The summed E-state index contributed by atoms with van der Waals surface area (Å²) in [6.45, 7) is 2.38. The quantitative estimate of drug-likeness (QED) is 0.0163. The van der Waals surface area contributed by atoms with Gasteiger partial charge in [-0.1, -0.05) is 139 Å². The predicted octanol–water partition coefficient (Wildman–Crippen LogP) is 6.10. The van der Waals surface area contributed by atoms with Crippen LogP contribution in [0, 0.1) is 0 Å². The van der Waals surface area contributed by atoms with Crippen molar-refractivity contribution in [3.63, 3.8) is 0 Å². The molecule has 15 heteroatoms. The Hall–Kier alpha value is -2.80. The molecule has 11 atom stereocenters. The third-order valence-electron chi connectivity index (χ3n) is 11.3. The molecule has 0 radical (unpaired) electrons. The number of hydrogen-bond acceptors (Lipinski definition) is 15. The van der Waals surface area contributed by atoms with Gasteiger partial charge in [-0.05, 0) is 57.8 Å². The first-order valence-electron chi connectivity index (χ1n) is 24.4. The van der Waals surface area contributed by atoms with E-state index in [-0.39, 0.29) is 19.4 Å². The minimum absolute atomic E-state index is 0.147. The van der Waals surface area contributed by atoms with Gasteiger partial charge in [-0.3, -0.25) is 9.59 Å². The van der Waals surface area contributed by atoms with Crippen LogP contribution in [0.4, 0.5) is 0 Å². The fourth-order valence-electron chi connectivity index (χ4n) is 7.28. The zero-order chi connectivity index (χ0) is 47.5. The topological polar surface area (TPSA) is 231 Å². The summed E-state index contributed by atoms with van der Waals surface area (Å²) >= 11 is 0. The van der Waals surface area contributed by atoms with Crippen molar-refractivity contribution >= 4 is 11.9 Å². The van der Waals surface area contributed by atoms with Gasteiger partial charge < -0.3 is 64.2 Å². The van der Waals surface area contributed by atoms with E-state index < -0.39 is 99.3 Å². The van der Waals surface area contributed by atoms with E-state index in [9.17, 15) is 45.3 Å². The Labute approximate surface area is 388 Å². The normalized spacial score (nSPS) is 26.9. The van der Waals surface area contributed by atoms with E-state index in [1.165, 1.54) is 32.1 Å². The maximum Gasteiger partial charge on any atom is 0.306 e. The summed E-state index contributed by atoms with van der Waals surface area (Å²) in [5.74, 6) is -0.967. The first-order chi connectivity index (χ1) is 31.5. The molecule has 0 spiro atoms. The number of ether oxygens (including phenoxy) is 6. The van der Waals surface area contributed by atoms with E-state index in [0.29, 0.717) is 12.8 Å². The van der Waals surface area contributed by atoms with Gasteiger partial charge in [0.15, 0.2) is 18.7 Å². The number of allylic oxidation sites excluding steroid dienone is 10. The summed E-state index contributed by atoms with van der Waals surface area (Å²) in [4.78, 5) is 25.7. The van der Waals surface area contributed by atoms with Crippen LogP contribution in [0.3, 0.4) is 0 Å². The minimum Gasteiger partial charge on any atom is -0.462 e. The Balaban J connectivity index is 1.85. The SMILES string of the molecule is CC/C=C/C=C/C=C/C=C/CCCCCCCC(=O)OC[C@H](CO[C@@H]1O[C@H](CO[C@@H]2O[C@H](CO)[C@H](O)C(O)C2O)[C@H](O)C(O)C1O)OC(=O)CCCCCCC/C=C/CCCCCCC. The second-order valence-electron chi connectivity index (χ2n) is 17.0. The minimum atomic E-state index is -1.77. The molecule has 0 aromatic carbocycles. The Kier molecular flexibility index (Phi) is 33.4. The molecule has 15 nitrogen and oxygen atoms in total. The van der Waals surface area contributed by atoms with E-state index >= 15 is 0 Å². The van der Waals surface area contributed by atoms with E-state index in [1.807, 2.05) is 36.5 Å². The number of aliphatic hydroxyl groups is 7. The fraction of sp³-hybridized carbons (Fsp3) is 0.760. The molecule has 2 aliphatic heterocycles. The average molecular weight is 925 g/mol. The van der Waals surface area contributed by atoms with Crippen LogP contribution < -0.4 is 0 Å². The molecule has 0 saturated carbocycles. The Morgan fingerprint density at radius 3 is 1.57 bits per heavy atom. The van der Waals surface area contributed by atoms with Crippen LogP contribution in [0.1, 0.15) is 149 Å². The monoisotopic (exact) mass is 925 g/mol. The Morgan fingerprint density at radius 2 is 0.985 bits per heavy atom. The van der Waals surface area contributed by atoms with Crippen molar-refractivity contribution in [1.29, 1.82) is 0 Å². The van der Waals surface area contributed by atoms with Crippen molar-refractivity contribution in [2.75, 3.05) is 26.4 Å². The van der Waals surface area contributed by atoms with Crippen molar-refractivity contribution in [1.82, 2.24) is 0 Å². The molecule has 4 unspecified atom stereocenters. The molecule has 65 heavy (non-hydrogen) atoms. The maximum atomic E-state index is 13.0. The van der Waals surface area contributed by atoms with E-state index in [0.717, 1.165) is 77.0 Å². The molecule has 2 heterocycles. The van der Waals surface area contributed by atoms with Gasteiger partial charge in [-0.2, -0.15) is 0 Å². The summed E-state index contributed by atoms with van der Waals surface area (Å²) < 4.78 is 33.5. The Bertz CT molecular complexity index is 1370. The lowest BCUT2D eigenvalue weighted by atomic mass is 9.98. The lowest BCUT2D eigenvalue weighted by molar-refractivity contribution is -0.332. The van der Waals surface area contributed by atoms with Crippen molar-refractivity contribution < 1.29 is 73.8 Å². The van der Waals surface area contributed by atoms with Crippen LogP contribution in [0.15, 0.2) is 60.8 Å². The molecule has 2 aliphatic rings. The third-order valence-corrected chi connectivity index (χ3v) is 11.3. The molecule has 2 saturated heterocycles. The molecule has 0 aromatic rings. The van der Waals surface area contributed by atoms with Crippen molar-refractivity contribution in [3.8, 4) is 0 Å². The number of esters is 2. The van der Waals surface area contributed by atoms with Gasteiger partial charge in [-0.25, -0.2) is 0 Å². The van der Waals surface area contributed by atoms with Crippen LogP contribution >= 0.6 is 0 Å². The lowest BCUT2D eigenvalue weighted by Gasteiger charge is -2.42. The number of unbranched alkanes of at least 4 members (excludes halogenated alkanes) is 15. The highest BCUT2D eigenvalue weighted by Crippen LogP contribution is 2.26. The largest absolute Gasteiger partial charge is 0.462 e. The van der Waals surface area contributed by atoms with Crippen LogP contribution in [-0.4, -0.2) is 142 Å². The van der Waals surface area contributed by atoms with Crippen LogP contribution in [0.25, 0.3) is 0 Å². The number of carbonyl (C=O) groups is 2. The van der Waals surface area contributed by atoms with E-state index in [1.54, 1.807) is 0 Å². The van der Waals surface area contributed by atoms with Crippen molar-refractivity contribution in [3.05, 3.63) is 60.8 Å². The van der Waals surface area contributed by atoms with Crippen LogP contribution in [0.5, 0.6) is 0 Å². The second kappa shape index (κ2) is 37.2. The number of aliphatic hydroxyl groups excluding tert-OH is 7. The molecule has 2 fully saturated rings. The highest BCUT2D eigenvalue weighted by molar-refractivity contribution is 5.70. The molecule has 0 aromatic heterocycles. The number of rotatable bonds is 36. The highest BCUT2D eigenvalue weighted by Gasteiger charge is 2.47. The molecule has 0 aliphatic carbocycles. The van der Waals surface area contributed by atoms with Crippen LogP contribution in [0.2, 0.25) is 0 Å². The smallest absolute Gasteiger partial charge is 0.306 e. The maximum absolute atomic E-state index is 13.0. The van der Waals surface area contributed by atoms with E-state index in [4.69, 9.17) is 28.4 Å². The first-order valence-corrected chi connectivity index (χ1v) is 24.4. The van der Waals surface area contributed by atoms with Gasteiger partial charge in [0.25, 0.3) is 0 Å². The fourth-order valence-corrected chi connectivity index (χ4v) is 7.28. The predicted molar refractivity (Wildman–Crippen MR) is 247 cm³/mol. The molecule has 374 valence electrons. The van der Waals surface area contributed by atoms with Gasteiger partial charge in [0.05, 0.1) is 19.8 Å². The zero-order valence-electron chi connectivity index (χ0n) is 39.2. The summed E-state index contributed by atoms with van der Waals surface area (Å²) in [5, 5.41) is 72.0. The average Bonchev–Trinajstić information content (AvgIpc) is 3.30. The summed E-state index contributed by atoms with van der Waals surface area (Å²) in [7, 11) is 0. The summed E-state index contributed by atoms with van der Waals surface area (Å²) in [5.41, 5.74) is 0. The molecule has 7 N–H and O–H groups in total. The molecule has 0 amide bonds. The zero-order valence-corrected chi connectivity index (χ0v) is 39.2. The standard InChI is InChI=1S/C50H84O15/c1-3-5-7-9-11-13-15-17-19-21-22-24-26-28-30-32-41(52)60-35-38(63-42(53)33-31-29-27-25-23-20-18-16-14-12-10-8-6-4-2)36-61-49-48(59)46(57)44(55)40(65-49)37-62-50-47(58)45(56)43(54)39(34-51)64-50/h5,7,9,11,13,15-19,38-40,43-51,54-59H,3-4,6,8,10,12,14,20-37H2,1-2H3/b7-5+,11-9+,15-13+,18-16+,19-17+/t38-,39-,40-,43+,44+,45?,46?,47?,48?,49-,50-/m1/s1. The highest BCUT2D eigenvalue weighted by atomic mass is 16.7. The number of carbonyl (C=O) groups excluding carboxylic acids is 2. The summed E-state index contributed by atoms with van der Waals surface area (Å²) in [6, 6.07) is 0. The van der Waals surface area contributed by atoms with Crippen molar-refractivity contribution in [2.45, 2.75) is 216 Å². The van der Waals surface area contributed by atoms with E-state index in [2.05, 4.69) is 38.2 Å². The molecule has 2 rings (SSSR count).